The number of piperidine rings is 2. The number of pyridine rings is 3. The summed E-state index contributed by atoms with van der Waals surface area (Å²) < 4.78 is 17.4. The van der Waals surface area contributed by atoms with Gasteiger partial charge in [0.15, 0.2) is 0 Å². The van der Waals surface area contributed by atoms with Crippen molar-refractivity contribution < 1.29 is 33.4 Å². The summed E-state index contributed by atoms with van der Waals surface area (Å²) in [7, 11) is 1.62. The topological polar surface area (TPSA) is 204 Å². The average Bonchev–Trinajstić information content (AvgIpc) is 3.48. The summed E-state index contributed by atoms with van der Waals surface area (Å²) in [6.45, 7) is 12.2. The van der Waals surface area contributed by atoms with Gasteiger partial charge in [0.1, 0.15) is 23.2 Å². The molecular weight excluding hydrogens is 989 g/mol. The number of nitrogens with one attached hydrogen (secondary N) is 4. The van der Waals surface area contributed by atoms with Crippen LogP contribution in [0.25, 0.3) is 11.0 Å². The molecule has 0 bridgehead atoms. The zero-order chi connectivity index (χ0) is 54.4. The molecule has 1 saturated carbocycles. The molecule has 3 aromatic heterocycles. The van der Waals surface area contributed by atoms with Crippen LogP contribution in [-0.2, 0) is 33.8 Å². The third kappa shape index (κ3) is 14.4. The number of anilines is 1. The summed E-state index contributed by atoms with van der Waals surface area (Å²) >= 11 is 0. The zero-order valence-electron chi connectivity index (χ0n) is 45.7. The highest BCUT2D eigenvalue weighted by Crippen LogP contribution is 2.30. The molecule has 18 nitrogen and oxygen atoms in total. The molecule has 4 N–H and O–H groups in total. The number of fused-ring (bicyclic) bond motifs is 1. The van der Waals surface area contributed by atoms with Crippen LogP contribution in [0.2, 0.25) is 0 Å². The number of amides is 4. The number of likely N-dealkylation sites (tertiary alicyclic amines) is 2. The Hall–Kier alpha value is -6.89. The first-order valence-corrected chi connectivity index (χ1v) is 28.4. The van der Waals surface area contributed by atoms with Crippen LogP contribution in [-0.4, -0.2) is 151 Å². The molecule has 1 aliphatic carbocycles. The number of benzene rings is 2. The van der Waals surface area contributed by atoms with Gasteiger partial charge in [0, 0.05) is 107 Å². The van der Waals surface area contributed by atoms with Gasteiger partial charge in [0.2, 0.25) is 11.8 Å². The van der Waals surface area contributed by atoms with Crippen molar-refractivity contribution in [3.8, 4) is 11.5 Å². The van der Waals surface area contributed by atoms with Gasteiger partial charge < -0.3 is 49.8 Å². The smallest absolute Gasteiger partial charge is 0.272 e. The highest BCUT2D eigenvalue weighted by Gasteiger charge is 2.33. The van der Waals surface area contributed by atoms with E-state index in [0.29, 0.717) is 88.8 Å². The van der Waals surface area contributed by atoms with Crippen LogP contribution in [0, 0.1) is 5.92 Å². The minimum absolute atomic E-state index is 0.0306. The predicted molar refractivity (Wildman–Crippen MR) is 300 cm³/mol. The van der Waals surface area contributed by atoms with Crippen LogP contribution in [0.5, 0.6) is 11.5 Å². The average molecular weight is 1070 g/mol. The van der Waals surface area contributed by atoms with Crippen LogP contribution in [0.15, 0.2) is 83.9 Å². The number of hydrogen-bond donors (Lipinski definition) is 4. The van der Waals surface area contributed by atoms with E-state index in [2.05, 4.69) is 40.7 Å². The number of aromatic nitrogens is 3. The molecule has 5 aromatic rings. The second-order valence-corrected chi connectivity index (χ2v) is 21.2. The Bertz CT molecular complexity index is 2890. The molecule has 4 amide bonds. The fraction of sp³-hybridized carbons (Fsp3) is 0.517. The third-order valence-corrected chi connectivity index (χ3v) is 16.1. The van der Waals surface area contributed by atoms with Crippen molar-refractivity contribution in [2.24, 2.45) is 5.92 Å². The molecule has 4 aliphatic rings. The van der Waals surface area contributed by atoms with E-state index in [9.17, 15) is 24.0 Å². The maximum Gasteiger partial charge on any atom is 0.272 e. The lowest BCUT2D eigenvalue weighted by Gasteiger charge is -2.36. The molecule has 18 heteroatoms. The molecular formula is C60H78N10O8. The van der Waals surface area contributed by atoms with Crippen molar-refractivity contribution in [3.05, 3.63) is 123 Å². The summed E-state index contributed by atoms with van der Waals surface area (Å²) in [5.41, 5.74) is 7.18. The Labute approximate surface area is 458 Å². The van der Waals surface area contributed by atoms with Crippen LogP contribution in [0.4, 0.5) is 5.69 Å². The molecule has 6 heterocycles. The molecule has 3 saturated heterocycles. The van der Waals surface area contributed by atoms with Crippen molar-refractivity contribution in [2.75, 3.05) is 90.7 Å². The summed E-state index contributed by atoms with van der Waals surface area (Å²) in [4.78, 5) is 87.8. The van der Waals surface area contributed by atoms with Crippen molar-refractivity contribution in [3.63, 3.8) is 0 Å². The van der Waals surface area contributed by atoms with Crippen LogP contribution < -0.4 is 35.9 Å². The van der Waals surface area contributed by atoms with Gasteiger partial charge in [-0.15, -0.1) is 0 Å². The van der Waals surface area contributed by atoms with Gasteiger partial charge in [0.25, 0.3) is 17.4 Å². The van der Waals surface area contributed by atoms with Crippen molar-refractivity contribution in [1.29, 1.82) is 0 Å². The number of nitrogens with zero attached hydrogens (tertiary/aromatic N) is 6. The summed E-state index contributed by atoms with van der Waals surface area (Å²) in [6, 6.07) is 20.4. The molecule has 416 valence electrons. The number of aromatic amines is 1. The number of rotatable bonds is 21. The van der Waals surface area contributed by atoms with Crippen LogP contribution in [0.1, 0.15) is 121 Å². The molecule has 78 heavy (non-hydrogen) atoms. The number of carbonyl (C=O) groups excluding carboxylic acids is 4. The molecule has 2 aromatic carbocycles. The number of ether oxygens (including phenoxy) is 3. The Morgan fingerprint density at radius 2 is 1.63 bits per heavy atom. The maximum absolute atomic E-state index is 14.0. The first-order valence-electron chi connectivity index (χ1n) is 28.4. The number of H-pyrrole nitrogens is 1. The normalized spacial score (nSPS) is 18.1. The van der Waals surface area contributed by atoms with Crippen molar-refractivity contribution in [2.45, 2.75) is 109 Å². The quantitative estimate of drug-likeness (QED) is 0.0604. The number of hydrogen-bond acceptors (Lipinski definition) is 13. The van der Waals surface area contributed by atoms with E-state index in [0.717, 1.165) is 122 Å². The van der Waals surface area contributed by atoms with Gasteiger partial charge in [-0.25, -0.2) is 4.98 Å². The van der Waals surface area contributed by atoms with Gasteiger partial charge in [0.05, 0.1) is 55.9 Å². The van der Waals surface area contributed by atoms with E-state index in [1.165, 1.54) is 0 Å². The fourth-order valence-corrected chi connectivity index (χ4v) is 11.5. The zero-order valence-corrected chi connectivity index (χ0v) is 45.7. The highest BCUT2D eigenvalue weighted by atomic mass is 16.5. The van der Waals surface area contributed by atoms with E-state index in [1.807, 2.05) is 90.5 Å². The van der Waals surface area contributed by atoms with E-state index >= 15 is 0 Å². The first kappa shape index (κ1) is 55.9. The Kier molecular flexibility index (Phi) is 19.4. The second-order valence-electron chi connectivity index (χ2n) is 21.2. The summed E-state index contributed by atoms with van der Waals surface area (Å²) in [5, 5.41) is 9.50. The van der Waals surface area contributed by atoms with Gasteiger partial charge in [-0.3, -0.25) is 33.9 Å². The predicted octanol–water partition coefficient (Wildman–Crippen LogP) is 6.22. The molecule has 3 aliphatic heterocycles. The molecule has 2 atom stereocenters. The number of methoxy groups -OCH3 is 1. The molecule has 9 rings (SSSR count). The lowest BCUT2D eigenvalue weighted by molar-refractivity contribution is -0.131. The number of piperazine rings is 1. The summed E-state index contributed by atoms with van der Waals surface area (Å²) in [6.07, 6.45) is 12.4. The minimum atomic E-state index is -0.670. The molecule has 0 spiro atoms. The van der Waals surface area contributed by atoms with Crippen molar-refractivity contribution >= 4 is 40.3 Å². The first-order chi connectivity index (χ1) is 38.0. The van der Waals surface area contributed by atoms with E-state index < -0.39 is 6.04 Å². The number of aryl methyl sites for hydroxylation is 1. The number of carbonyl (C=O) groups is 4. The third-order valence-electron chi connectivity index (χ3n) is 16.1. The SMILES string of the molecule is CCOc1cc(OC)ccc1CNCC(=O)N1CCCC(c2cccc(C(=O)N[C@H](C(=O)NCCOC3CCN(C(=O)c4ccc(N5CCN(Cc6cnc7cc(CC)c(=O)[nH]c7c6)CC5)cn4)CC3)C3CCCCC3)c2)C1. The van der Waals surface area contributed by atoms with Crippen molar-refractivity contribution in [1.82, 2.24) is 45.6 Å². The van der Waals surface area contributed by atoms with Crippen LogP contribution in [0.3, 0.4) is 0 Å². The monoisotopic (exact) mass is 1070 g/mol. The van der Waals surface area contributed by atoms with E-state index in [-0.39, 0.29) is 53.7 Å². The Morgan fingerprint density at radius 1 is 0.808 bits per heavy atom. The lowest BCUT2D eigenvalue weighted by Crippen LogP contribution is -2.52. The highest BCUT2D eigenvalue weighted by molar-refractivity contribution is 5.98. The van der Waals surface area contributed by atoms with Gasteiger partial charge in [-0.05, 0) is 111 Å². The largest absolute Gasteiger partial charge is 0.497 e. The Morgan fingerprint density at radius 3 is 2.38 bits per heavy atom. The fourth-order valence-electron chi connectivity index (χ4n) is 11.5. The lowest BCUT2D eigenvalue weighted by atomic mass is 9.83. The van der Waals surface area contributed by atoms with E-state index in [4.69, 9.17) is 14.2 Å². The van der Waals surface area contributed by atoms with Crippen LogP contribution >= 0.6 is 0 Å². The molecule has 4 fully saturated rings. The van der Waals surface area contributed by atoms with Gasteiger partial charge in [-0.2, -0.15) is 0 Å². The second kappa shape index (κ2) is 27.1. The molecule has 0 radical (unpaired) electrons. The van der Waals surface area contributed by atoms with Gasteiger partial charge in [-0.1, -0.05) is 44.4 Å². The van der Waals surface area contributed by atoms with E-state index in [1.54, 1.807) is 19.4 Å². The standard InChI is InChI=1S/C60H78N10O8/c1-4-42-33-52-53(65-57(42)72)31-41(35-63-52)39-67-26-28-68(29-27-67)48-17-19-51(64-37-48)60(75)69-24-20-49(21-25-69)78-30-22-62-59(74)56(43-11-7-6-8-12-43)66-58(73)45-14-9-13-44(32-45)47-15-10-23-70(40-47)55(71)38-61-36-46-16-18-50(76-3)34-54(46)77-5-2/h9,13-14,16-19,31-35,37,43,47,49,56,61H,4-8,10-12,15,20-30,36,38-40H2,1-3H3,(H,62,74)(H,65,72)(H,66,73)/t47?,56-/m0/s1. The minimum Gasteiger partial charge on any atom is -0.497 e. The molecule has 1 unspecified atom stereocenters. The maximum atomic E-state index is 14.0. The Balaban J connectivity index is 0.691. The van der Waals surface area contributed by atoms with Gasteiger partial charge >= 0.3 is 0 Å². The summed E-state index contributed by atoms with van der Waals surface area (Å²) in [5.74, 6) is 1.02.